The van der Waals surface area contributed by atoms with E-state index in [1.54, 1.807) is 0 Å². The zero-order valence-electron chi connectivity index (χ0n) is 12.7. The monoisotopic (exact) mass is 162 g/mol. The molecule has 1 aliphatic rings. The van der Waals surface area contributed by atoms with Gasteiger partial charge in [0.2, 0.25) is 0 Å². The lowest BCUT2D eigenvalue weighted by atomic mass is 9.86. The summed E-state index contributed by atoms with van der Waals surface area (Å²) in [4.78, 5) is 0.654. The molecule has 0 spiro atoms. The highest BCUT2D eigenvalue weighted by Crippen LogP contribution is 2.23. The summed E-state index contributed by atoms with van der Waals surface area (Å²) in [7, 11) is 0. The van der Waals surface area contributed by atoms with Gasteiger partial charge in [0.15, 0.2) is 0 Å². The second-order valence-electron chi connectivity index (χ2n) is 3.39. The molecule has 2 heteroatoms. The van der Waals surface area contributed by atoms with Gasteiger partial charge >= 0.3 is 0 Å². The van der Waals surface area contributed by atoms with Crippen LogP contribution in [0.5, 0.6) is 0 Å². The van der Waals surface area contributed by atoms with Crippen LogP contribution in [-0.4, -0.2) is 31.4 Å². The predicted molar refractivity (Wildman–Crippen MR) is 48.5 cm³/mol. The Hall–Kier alpha value is -0.0800. The van der Waals surface area contributed by atoms with E-state index in [-0.39, 0.29) is 18.5 Å². The Morgan fingerprint density at radius 3 is 2.55 bits per heavy atom. The van der Waals surface area contributed by atoms with Crippen LogP contribution in [0.3, 0.4) is 0 Å². The van der Waals surface area contributed by atoms with Gasteiger partial charge in [-0.05, 0) is 45.6 Å². The zero-order valence-corrected chi connectivity index (χ0v) is 6.71. The summed E-state index contributed by atoms with van der Waals surface area (Å²) in [5.41, 5.74) is 5.76. The fraction of sp³-hybridized carbons (Fsp3) is 1.00. The first-order valence-corrected chi connectivity index (χ1v) is 4.14. The third-order valence-corrected chi connectivity index (χ3v) is 2.33. The quantitative estimate of drug-likeness (QED) is 0.658. The molecule has 0 saturated heterocycles. The lowest BCUT2D eigenvalue weighted by Crippen LogP contribution is -2.31. The summed E-state index contributed by atoms with van der Waals surface area (Å²) in [5, 5.41) is 0. The lowest BCUT2D eigenvalue weighted by molar-refractivity contribution is 0.250. The van der Waals surface area contributed by atoms with Crippen LogP contribution < -0.4 is 5.73 Å². The lowest BCUT2D eigenvalue weighted by Gasteiger charge is -2.28. The molecule has 0 aliphatic heterocycles. The summed E-state index contributed by atoms with van der Waals surface area (Å²) in [5.74, 6) is 0.121. The third-order valence-electron chi connectivity index (χ3n) is 2.33. The topological polar surface area (TPSA) is 29.3 Å². The van der Waals surface area contributed by atoms with Crippen molar-refractivity contribution in [1.29, 1.82) is 0 Å². The Morgan fingerprint density at radius 1 is 1.36 bits per heavy atom. The Bertz CT molecular complexity index is 227. The van der Waals surface area contributed by atoms with Crippen LogP contribution in [0, 0.1) is 5.92 Å². The first-order chi connectivity index (χ1) is 7.60. The fourth-order valence-electron chi connectivity index (χ4n) is 1.63. The average molecular weight is 162 g/mol. The van der Waals surface area contributed by atoms with Gasteiger partial charge in [0.1, 0.15) is 0 Å². The highest BCUT2D eigenvalue weighted by atomic mass is 15.1. The van der Waals surface area contributed by atoms with E-state index in [1.807, 2.05) is 0 Å². The molecule has 66 valence electrons. The molecule has 1 rings (SSSR count). The van der Waals surface area contributed by atoms with Crippen LogP contribution in [0.15, 0.2) is 0 Å². The SMILES string of the molecule is [2H]C([2H])([2H])N(CC1CCC(N)CC1)C([2H])([2H])[2H]. The molecule has 0 unspecified atom stereocenters. The van der Waals surface area contributed by atoms with Crippen LogP contribution in [0.1, 0.15) is 33.9 Å². The predicted octanol–water partition coefficient (Wildman–Crippen LogP) is 1.07. The highest BCUT2D eigenvalue weighted by Gasteiger charge is 2.18. The zero-order chi connectivity index (χ0) is 13.3. The smallest absolute Gasteiger partial charge is 0.0394 e. The van der Waals surface area contributed by atoms with Gasteiger partial charge in [0.25, 0.3) is 0 Å². The van der Waals surface area contributed by atoms with Crippen LogP contribution in [0.4, 0.5) is 0 Å². The van der Waals surface area contributed by atoms with E-state index in [0.717, 1.165) is 25.7 Å². The van der Waals surface area contributed by atoms with Gasteiger partial charge in [-0.1, -0.05) is 0 Å². The number of nitrogens with two attached hydrogens (primary N) is 1. The first-order valence-electron chi connectivity index (χ1n) is 7.14. The molecule has 1 saturated carbocycles. The van der Waals surface area contributed by atoms with Gasteiger partial charge in [-0.25, -0.2) is 0 Å². The van der Waals surface area contributed by atoms with Crippen LogP contribution in [-0.2, 0) is 0 Å². The van der Waals surface area contributed by atoms with Crippen molar-refractivity contribution in [2.45, 2.75) is 31.7 Å². The third kappa shape index (κ3) is 3.21. The molecular formula is C9H20N2. The molecule has 0 aromatic carbocycles. The van der Waals surface area contributed by atoms with Crippen molar-refractivity contribution < 1.29 is 8.22 Å². The Labute approximate surface area is 78.2 Å². The maximum atomic E-state index is 7.28. The van der Waals surface area contributed by atoms with Gasteiger partial charge < -0.3 is 10.6 Å². The number of hydrogen-bond acceptors (Lipinski definition) is 2. The van der Waals surface area contributed by atoms with Crippen molar-refractivity contribution in [3.05, 3.63) is 0 Å². The van der Waals surface area contributed by atoms with E-state index in [2.05, 4.69) is 0 Å². The van der Waals surface area contributed by atoms with E-state index < -0.39 is 14.0 Å². The van der Waals surface area contributed by atoms with Crippen molar-refractivity contribution in [2.24, 2.45) is 11.7 Å². The molecule has 11 heavy (non-hydrogen) atoms. The minimum Gasteiger partial charge on any atom is -0.328 e. The molecule has 2 nitrogen and oxygen atoms in total. The molecule has 0 atom stereocenters. The van der Waals surface area contributed by atoms with Crippen molar-refractivity contribution in [3.8, 4) is 0 Å². The minimum atomic E-state index is -2.56. The van der Waals surface area contributed by atoms with Crippen LogP contribution in [0.25, 0.3) is 0 Å². The summed E-state index contributed by atoms with van der Waals surface area (Å²) in [6, 6.07) is 0.181. The minimum absolute atomic E-state index is 0.0969. The first kappa shape index (κ1) is 3.75. The second kappa shape index (κ2) is 4.07. The molecule has 0 amide bonds. The van der Waals surface area contributed by atoms with E-state index in [0.29, 0.717) is 4.90 Å². The average Bonchev–Trinajstić information content (AvgIpc) is 2.13. The highest BCUT2D eigenvalue weighted by molar-refractivity contribution is 4.75. The molecular weight excluding hydrogens is 136 g/mol. The van der Waals surface area contributed by atoms with E-state index in [9.17, 15) is 0 Å². The fourth-order valence-corrected chi connectivity index (χ4v) is 1.63. The van der Waals surface area contributed by atoms with Gasteiger partial charge in [0.05, 0.1) is 0 Å². The van der Waals surface area contributed by atoms with Crippen molar-refractivity contribution in [2.75, 3.05) is 20.5 Å². The Balaban J connectivity index is 2.62. The molecule has 1 fully saturated rings. The van der Waals surface area contributed by atoms with E-state index >= 15 is 0 Å². The molecule has 0 aromatic heterocycles. The van der Waals surface area contributed by atoms with Gasteiger partial charge in [0, 0.05) is 20.8 Å². The maximum absolute atomic E-state index is 7.28. The van der Waals surface area contributed by atoms with E-state index in [4.69, 9.17) is 14.0 Å². The second-order valence-corrected chi connectivity index (χ2v) is 3.39. The maximum Gasteiger partial charge on any atom is 0.0394 e. The summed E-state index contributed by atoms with van der Waals surface area (Å²) >= 11 is 0. The van der Waals surface area contributed by atoms with Gasteiger partial charge in [-0.3, -0.25) is 0 Å². The molecule has 0 bridgehead atoms. The molecule has 2 N–H and O–H groups in total. The molecule has 0 radical (unpaired) electrons. The normalized spacial score (nSPS) is 43.1. The largest absolute Gasteiger partial charge is 0.328 e. The summed E-state index contributed by atoms with van der Waals surface area (Å²) < 4.78 is 43.7. The number of rotatable bonds is 2. The summed E-state index contributed by atoms with van der Waals surface area (Å²) in [6.07, 6.45) is 3.31. The summed E-state index contributed by atoms with van der Waals surface area (Å²) in [6.45, 7) is -5.03. The Kier molecular flexibility index (Phi) is 1.39. The van der Waals surface area contributed by atoms with E-state index in [1.165, 1.54) is 0 Å². The molecule has 0 heterocycles. The molecule has 0 aromatic rings. The Morgan fingerprint density at radius 2 is 2.00 bits per heavy atom. The standard InChI is InChI=1S/C9H20N2/c1-11(2)7-8-3-5-9(10)6-4-8/h8-9H,3-7,10H2,1-2H3/i1D3,2D3. The van der Waals surface area contributed by atoms with Gasteiger partial charge in [-0.15, -0.1) is 0 Å². The molecule has 1 aliphatic carbocycles. The number of hydrogen-bond donors (Lipinski definition) is 1. The van der Waals surface area contributed by atoms with Gasteiger partial charge in [-0.2, -0.15) is 0 Å². The van der Waals surface area contributed by atoms with Crippen molar-refractivity contribution in [3.63, 3.8) is 0 Å². The van der Waals surface area contributed by atoms with Crippen molar-refractivity contribution in [1.82, 2.24) is 4.90 Å². The van der Waals surface area contributed by atoms with Crippen molar-refractivity contribution >= 4 is 0 Å². The van der Waals surface area contributed by atoms with Crippen LogP contribution >= 0.6 is 0 Å². The van der Waals surface area contributed by atoms with Crippen LogP contribution in [0.2, 0.25) is 0 Å². The number of nitrogens with zero attached hydrogens (tertiary/aromatic N) is 1.